The van der Waals surface area contributed by atoms with E-state index < -0.39 is 0 Å². The van der Waals surface area contributed by atoms with Crippen LogP contribution in [0.5, 0.6) is 11.5 Å². The lowest BCUT2D eigenvalue weighted by atomic mass is 10.0. The molecule has 1 saturated carbocycles. The molecule has 0 atom stereocenters. The van der Waals surface area contributed by atoms with Crippen LogP contribution in [0.3, 0.4) is 0 Å². The number of carbonyl (C=O) groups excluding carboxylic acids is 1. The molecule has 2 aromatic rings. The molecule has 1 aromatic heterocycles. The molecular weight excluding hydrogens is 370 g/mol. The first-order chi connectivity index (χ1) is 14.2. The van der Waals surface area contributed by atoms with Crippen LogP contribution in [0.2, 0.25) is 0 Å². The van der Waals surface area contributed by atoms with Gasteiger partial charge in [0.15, 0.2) is 0 Å². The van der Waals surface area contributed by atoms with Crippen LogP contribution in [0.4, 0.5) is 0 Å². The number of rotatable bonds is 7. The van der Waals surface area contributed by atoms with Gasteiger partial charge in [0.1, 0.15) is 29.6 Å². The van der Waals surface area contributed by atoms with Gasteiger partial charge in [0, 0.05) is 25.2 Å². The molecule has 2 heterocycles. The highest BCUT2D eigenvalue weighted by atomic mass is 16.5. The number of hydrogen-bond acceptors (Lipinski definition) is 6. The molecular formula is C22H29N3O4. The summed E-state index contributed by atoms with van der Waals surface area (Å²) in [6.45, 7) is 2.43. The lowest BCUT2D eigenvalue weighted by molar-refractivity contribution is 0.0749. The van der Waals surface area contributed by atoms with Gasteiger partial charge in [0.25, 0.3) is 5.91 Å². The minimum Gasteiger partial charge on any atom is -0.497 e. The summed E-state index contributed by atoms with van der Waals surface area (Å²) in [6, 6.07) is 7.86. The number of hydrogen-bond donors (Lipinski definition) is 1. The lowest BCUT2D eigenvalue weighted by Crippen LogP contribution is -2.43. The standard InChI is InChI=1S/C22H29N3O4/c1-27-19-6-7-21(20(14-19)22(26)23-15-16-10-13-28-24-16)29-18-8-11-25(12-9-18)17-4-2-3-5-17/h6-7,10,13-14,17-18H,2-5,8-9,11-12,15H2,1H3,(H,23,26). The van der Waals surface area contributed by atoms with E-state index in [9.17, 15) is 4.79 Å². The summed E-state index contributed by atoms with van der Waals surface area (Å²) in [4.78, 5) is 15.4. The van der Waals surface area contributed by atoms with Gasteiger partial charge >= 0.3 is 0 Å². The van der Waals surface area contributed by atoms with E-state index in [1.54, 1.807) is 19.2 Å². The number of piperidine rings is 1. The zero-order valence-corrected chi connectivity index (χ0v) is 16.9. The topological polar surface area (TPSA) is 76.8 Å². The van der Waals surface area contributed by atoms with Crippen LogP contribution in [0.1, 0.15) is 54.6 Å². The summed E-state index contributed by atoms with van der Waals surface area (Å²) in [6.07, 6.45) is 8.98. The molecule has 7 nitrogen and oxygen atoms in total. The number of benzene rings is 1. The molecule has 29 heavy (non-hydrogen) atoms. The number of aromatic nitrogens is 1. The molecule has 156 valence electrons. The van der Waals surface area contributed by atoms with Gasteiger partial charge in [0.2, 0.25) is 0 Å². The van der Waals surface area contributed by atoms with Gasteiger partial charge in [-0.3, -0.25) is 4.79 Å². The normalized spacial score (nSPS) is 18.7. The van der Waals surface area contributed by atoms with E-state index in [-0.39, 0.29) is 12.0 Å². The molecule has 1 aliphatic carbocycles. The van der Waals surface area contributed by atoms with Crippen LogP contribution in [0, 0.1) is 0 Å². The van der Waals surface area contributed by atoms with Crippen LogP contribution in [0.25, 0.3) is 0 Å². The molecule has 0 bridgehead atoms. The fourth-order valence-electron chi connectivity index (χ4n) is 4.32. The fourth-order valence-corrected chi connectivity index (χ4v) is 4.32. The Morgan fingerprint density at radius 2 is 2.00 bits per heavy atom. The van der Waals surface area contributed by atoms with Gasteiger partial charge in [-0.05, 0) is 43.9 Å². The molecule has 7 heteroatoms. The average molecular weight is 399 g/mol. The quantitative estimate of drug-likeness (QED) is 0.769. The van der Waals surface area contributed by atoms with Crippen molar-refractivity contribution in [2.24, 2.45) is 0 Å². The van der Waals surface area contributed by atoms with Crippen molar-refractivity contribution < 1.29 is 18.8 Å². The molecule has 4 rings (SSSR count). The predicted molar refractivity (Wildman–Crippen MR) is 108 cm³/mol. The number of carbonyl (C=O) groups is 1. The van der Waals surface area contributed by atoms with E-state index in [0.29, 0.717) is 29.3 Å². The van der Waals surface area contributed by atoms with Crippen molar-refractivity contribution in [2.45, 2.75) is 57.2 Å². The monoisotopic (exact) mass is 399 g/mol. The zero-order valence-electron chi connectivity index (χ0n) is 16.9. The van der Waals surface area contributed by atoms with Gasteiger partial charge in [0.05, 0.1) is 19.2 Å². The second kappa shape index (κ2) is 9.31. The van der Waals surface area contributed by atoms with Crippen LogP contribution in [0.15, 0.2) is 35.1 Å². The maximum absolute atomic E-state index is 12.8. The van der Waals surface area contributed by atoms with Crippen molar-refractivity contribution in [3.8, 4) is 11.5 Å². The lowest BCUT2D eigenvalue weighted by Gasteiger charge is -2.36. The smallest absolute Gasteiger partial charge is 0.255 e. The number of amides is 1. The third-order valence-corrected chi connectivity index (χ3v) is 5.96. The van der Waals surface area contributed by atoms with E-state index in [2.05, 4.69) is 15.4 Å². The molecule has 0 unspecified atom stereocenters. The third-order valence-electron chi connectivity index (χ3n) is 5.96. The molecule has 1 saturated heterocycles. The van der Waals surface area contributed by atoms with Crippen LogP contribution in [-0.2, 0) is 6.54 Å². The average Bonchev–Trinajstić information content (AvgIpc) is 3.47. The fraction of sp³-hybridized carbons (Fsp3) is 0.545. The van der Waals surface area contributed by atoms with E-state index in [4.69, 9.17) is 14.0 Å². The molecule has 1 aromatic carbocycles. The van der Waals surface area contributed by atoms with Crippen LogP contribution < -0.4 is 14.8 Å². The van der Waals surface area contributed by atoms with Gasteiger partial charge in [-0.2, -0.15) is 0 Å². The summed E-state index contributed by atoms with van der Waals surface area (Å²) >= 11 is 0. The number of nitrogens with one attached hydrogen (secondary N) is 1. The van der Waals surface area contributed by atoms with Gasteiger partial charge < -0.3 is 24.2 Å². The number of methoxy groups -OCH3 is 1. The minimum absolute atomic E-state index is 0.128. The van der Waals surface area contributed by atoms with E-state index in [0.717, 1.165) is 32.0 Å². The van der Waals surface area contributed by atoms with Gasteiger partial charge in [-0.15, -0.1) is 0 Å². The molecule has 2 aliphatic rings. The molecule has 1 aliphatic heterocycles. The highest BCUT2D eigenvalue weighted by molar-refractivity contribution is 5.97. The van der Waals surface area contributed by atoms with Crippen molar-refractivity contribution in [1.29, 1.82) is 0 Å². The number of ether oxygens (including phenoxy) is 2. The maximum Gasteiger partial charge on any atom is 0.255 e. The third kappa shape index (κ3) is 4.90. The van der Waals surface area contributed by atoms with E-state index in [1.165, 1.54) is 31.9 Å². The largest absolute Gasteiger partial charge is 0.497 e. The first-order valence-corrected chi connectivity index (χ1v) is 10.5. The Bertz CT molecular complexity index is 794. The Hall–Kier alpha value is -2.54. The number of nitrogens with zero attached hydrogens (tertiary/aromatic N) is 2. The minimum atomic E-state index is -0.217. The number of likely N-dealkylation sites (tertiary alicyclic amines) is 1. The van der Waals surface area contributed by atoms with E-state index >= 15 is 0 Å². The van der Waals surface area contributed by atoms with Crippen LogP contribution in [-0.4, -0.2) is 48.3 Å². The second-order valence-electron chi connectivity index (χ2n) is 7.83. The molecule has 0 radical (unpaired) electrons. The molecule has 2 fully saturated rings. The molecule has 1 N–H and O–H groups in total. The first-order valence-electron chi connectivity index (χ1n) is 10.5. The Labute approximate surface area is 171 Å². The van der Waals surface area contributed by atoms with Crippen molar-refractivity contribution in [3.63, 3.8) is 0 Å². The van der Waals surface area contributed by atoms with Crippen LogP contribution >= 0.6 is 0 Å². The van der Waals surface area contributed by atoms with E-state index in [1.807, 2.05) is 12.1 Å². The maximum atomic E-state index is 12.8. The highest BCUT2D eigenvalue weighted by Gasteiger charge is 2.28. The Balaban J connectivity index is 1.39. The second-order valence-corrected chi connectivity index (χ2v) is 7.83. The summed E-state index contributed by atoms with van der Waals surface area (Å²) < 4.78 is 16.4. The van der Waals surface area contributed by atoms with Crippen molar-refractivity contribution >= 4 is 5.91 Å². The molecule has 0 spiro atoms. The van der Waals surface area contributed by atoms with Crippen molar-refractivity contribution in [1.82, 2.24) is 15.4 Å². The SMILES string of the molecule is COc1ccc(OC2CCN(C3CCCC3)CC2)c(C(=O)NCc2ccon2)c1. The summed E-state index contributed by atoms with van der Waals surface area (Å²) in [5.74, 6) is 1.01. The summed E-state index contributed by atoms with van der Waals surface area (Å²) in [7, 11) is 1.59. The molecule has 1 amide bonds. The predicted octanol–water partition coefficient (Wildman–Crippen LogP) is 3.40. The van der Waals surface area contributed by atoms with Crippen molar-refractivity contribution in [2.75, 3.05) is 20.2 Å². The summed E-state index contributed by atoms with van der Waals surface area (Å²) in [5, 5.41) is 6.69. The Morgan fingerprint density at radius 3 is 2.69 bits per heavy atom. The first kappa shape index (κ1) is 19.8. The highest BCUT2D eigenvalue weighted by Crippen LogP contribution is 2.30. The van der Waals surface area contributed by atoms with Gasteiger partial charge in [-0.25, -0.2) is 0 Å². The van der Waals surface area contributed by atoms with Crippen molar-refractivity contribution in [3.05, 3.63) is 41.8 Å². The Morgan fingerprint density at radius 1 is 1.21 bits per heavy atom. The Kier molecular flexibility index (Phi) is 6.34. The zero-order chi connectivity index (χ0) is 20.1. The van der Waals surface area contributed by atoms with Gasteiger partial charge in [-0.1, -0.05) is 18.0 Å². The summed E-state index contributed by atoms with van der Waals surface area (Å²) in [5.41, 5.74) is 1.15.